The summed E-state index contributed by atoms with van der Waals surface area (Å²) in [5.74, 6) is -0.901. The van der Waals surface area contributed by atoms with Crippen molar-refractivity contribution in [2.75, 3.05) is 18.0 Å². The lowest BCUT2D eigenvalue weighted by atomic mass is 9.95. The van der Waals surface area contributed by atoms with Gasteiger partial charge in [-0.3, -0.25) is 4.68 Å². The van der Waals surface area contributed by atoms with Gasteiger partial charge in [0, 0.05) is 26.3 Å². The second-order valence-corrected chi connectivity index (χ2v) is 5.61. The van der Waals surface area contributed by atoms with Gasteiger partial charge in [-0.05, 0) is 12.3 Å². The summed E-state index contributed by atoms with van der Waals surface area (Å²) in [5, 5.41) is 24.2. The smallest absolute Gasteiger partial charge is 0.339 e. The summed E-state index contributed by atoms with van der Waals surface area (Å²) in [4.78, 5) is 17.7. The number of piperidine rings is 1. The largest absolute Gasteiger partial charge is 0.478 e. The van der Waals surface area contributed by atoms with Crippen LogP contribution in [-0.2, 0) is 7.05 Å². The first-order chi connectivity index (χ1) is 9.99. The van der Waals surface area contributed by atoms with Crippen molar-refractivity contribution in [2.45, 2.75) is 19.4 Å². The van der Waals surface area contributed by atoms with E-state index < -0.39 is 5.97 Å². The summed E-state index contributed by atoms with van der Waals surface area (Å²) >= 11 is 0. The third-order valence-corrected chi connectivity index (χ3v) is 4.14. The average molecular weight is 290 g/mol. The summed E-state index contributed by atoms with van der Waals surface area (Å²) in [7, 11) is 1.78. The molecule has 2 aromatic rings. The lowest BCUT2D eigenvalue weighted by molar-refractivity contribution is 0.0696. The van der Waals surface area contributed by atoms with Crippen molar-refractivity contribution in [1.82, 2.24) is 14.8 Å². The molecule has 0 radical (unpaired) electrons. The van der Waals surface area contributed by atoms with Crippen LogP contribution >= 0.6 is 0 Å². The SMILES string of the molecule is CC1CN(c2c(C(=O)O)cnc3c2cnn3C)CCC1O. The molecule has 2 unspecified atom stereocenters. The van der Waals surface area contributed by atoms with Crippen LogP contribution in [0.3, 0.4) is 0 Å². The van der Waals surface area contributed by atoms with Crippen molar-refractivity contribution in [3.63, 3.8) is 0 Å². The molecule has 3 heterocycles. The van der Waals surface area contributed by atoms with Crippen LogP contribution in [0.5, 0.6) is 0 Å². The molecule has 0 aromatic carbocycles. The number of carboxylic acids is 1. The van der Waals surface area contributed by atoms with Crippen LogP contribution in [0.2, 0.25) is 0 Å². The maximum Gasteiger partial charge on any atom is 0.339 e. The Morgan fingerprint density at radius 2 is 2.19 bits per heavy atom. The molecule has 2 atom stereocenters. The predicted molar refractivity (Wildman–Crippen MR) is 77.5 cm³/mol. The molecule has 2 aromatic heterocycles. The summed E-state index contributed by atoms with van der Waals surface area (Å²) in [6.45, 7) is 3.22. The Labute approximate surface area is 121 Å². The normalized spacial score (nSPS) is 22.7. The first kappa shape index (κ1) is 13.8. The third kappa shape index (κ3) is 2.23. The molecule has 1 saturated heterocycles. The molecule has 1 aliphatic rings. The standard InChI is InChI=1S/C14H18N4O3/c1-8-7-18(4-3-11(8)19)12-9-6-16-17(2)13(9)15-5-10(12)14(20)21/h5-6,8,11,19H,3-4,7H2,1-2H3,(H,20,21). The van der Waals surface area contributed by atoms with Gasteiger partial charge in [-0.25, -0.2) is 9.78 Å². The molecule has 0 amide bonds. The molecule has 0 spiro atoms. The Balaban J connectivity index is 2.14. The van der Waals surface area contributed by atoms with Crippen LogP contribution in [0.15, 0.2) is 12.4 Å². The minimum Gasteiger partial charge on any atom is -0.478 e. The fourth-order valence-corrected chi connectivity index (χ4v) is 2.92. The highest BCUT2D eigenvalue weighted by Gasteiger charge is 2.29. The lowest BCUT2D eigenvalue weighted by Gasteiger charge is -2.36. The first-order valence-electron chi connectivity index (χ1n) is 6.96. The number of aliphatic hydroxyl groups excluding tert-OH is 1. The van der Waals surface area contributed by atoms with E-state index in [1.807, 2.05) is 11.8 Å². The average Bonchev–Trinajstić information content (AvgIpc) is 2.82. The zero-order valence-electron chi connectivity index (χ0n) is 12.0. The molecule has 1 aliphatic heterocycles. The summed E-state index contributed by atoms with van der Waals surface area (Å²) in [5.41, 5.74) is 1.49. The van der Waals surface area contributed by atoms with Crippen molar-refractivity contribution < 1.29 is 15.0 Å². The van der Waals surface area contributed by atoms with Crippen LogP contribution in [0.1, 0.15) is 23.7 Å². The maximum atomic E-state index is 11.5. The second kappa shape index (κ2) is 5.00. The zero-order chi connectivity index (χ0) is 15.1. The van der Waals surface area contributed by atoms with E-state index in [1.54, 1.807) is 17.9 Å². The van der Waals surface area contributed by atoms with Gasteiger partial charge in [0.1, 0.15) is 5.56 Å². The van der Waals surface area contributed by atoms with Gasteiger partial charge in [0.15, 0.2) is 5.65 Å². The van der Waals surface area contributed by atoms with Crippen LogP contribution in [0.25, 0.3) is 11.0 Å². The Bertz CT molecular complexity index is 697. The molecule has 1 fully saturated rings. The van der Waals surface area contributed by atoms with Crippen LogP contribution in [0.4, 0.5) is 5.69 Å². The first-order valence-corrected chi connectivity index (χ1v) is 6.96. The number of aliphatic hydroxyl groups is 1. The van der Waals surface area contributed by atoms with Gasteiger partial charge in [0.25, 0.3) is 0 Å². The van der Waals surface area contributed by atoms with Gasteiger partial charge < -0.3 is 15.1 Å². The number of carboxylic acid groups (broad SMARTS) is 1. The molecule has 21 heavy (non-hydrogen) atoms. The summed E-state index contributed by atoms with van der Waals surface area (Å²) in [6.07, 6.45) is 3.34. The van der Waals surface area contributed by atoms with E-state index in [4.69, 9.17) is 0 Å². The number of hydrogen-bond donors (Lipinski definition) is 2. The molecular formula is C14H18N4O3. The van der Waals surface area contributed by atoms with Crippen LogP contribution in [0, 0.1) is 5.92 Å². The van der Waals surface area contributed by atoms with Gasteiger partial charge in [0.05, 0.1) is 23.4 Å². The molecule has 0 bridgehead atoms. The van der Waals surface area contributed by atoms with Crippen molar-refractivity contribution in [3.05, 3.63) is 18.0 Å². The highest BCUT2D eigenvalue weighted by molar-refractivity contribution is 6.03. The quantitative estimate of drug-likeness (QED) is 0.853. The zero-order valence-corrected chi connectivity index (χ0v) is 12.0. The number of hydrogen-bond acceptors (Lipinski definition) is 5. The van der Waals surface area contributed by atoms with E-state index in [0.29, 0.717) is 30.8 Å². The van der Waals surface area contributed by atoms with E-state index in [9.17, 15) is 15.0 Å². The van der Waals surface area contributed by atoms with Gasteiger partial charge >= 0.3 is 5.97 Å². The Hall–Kier alpha value is -2.15. The minimum atomic E-state index is -0.998. The second-order valence-electron chi connectivity index (χ2n) is 5.61. The van der Waals surface area contributed by atoms with E-state index in [-0.39, 0.29) is 17.6 Å². The van der Waals surface area contributed by atoms with E-state index in [1.165, 1.54) is 6.20 Å². The third-order valence-electron chi connectivity index (χ3n) is 4.14. The topological polar surface area (TPSA) is 91.5 Å². The predicted octanol–water partition coefficient (Wildman–Crippen LogP) is 0.874. The number of pyridine rings is 1. The number of rotatable bonds is 2. The van der Waals surface area contributed by atoms with Gasteiger partial charge in [-0.15, -0.1) is 0 Å². The molecule has 0 aliphatic carbocycles. The number of nitrogens with zero attached hydrogens (tertiary/aromatic N) is 4. The number of aromatic nitrogens is 3. The molecule has 2 N–H and O–H groups in total. The van der Waals surface area contributed by atoms with Crippen LogP contribution in [-0.4, -0.2) is 50.1 Å². The molecule has 0 saturated carbocycles. The van der Waals surface area contributed by atoms with Gasteiger partial charge in [-0.2, -0.15) is 5.10 Å². The molecule has 3 rings (SSSR count). The molecule has 7 nitrogen and oxygen atoms in total. The minimum absolute atomic E-state index is 0.0975. The fourth-order valence-electron chi connectivity index (χ4n) is 2.92. The van der Waals surface area contributed by atoms with Crippen LogP contribution < -0.4 is 4.90 Å². The number of aromatic carboxylic acids is 1. The number of carbonyl (C=O) groups is 1. The van der Waals surface area contributed by atoms with Crippen molar-refractivity contribution in [3.8, 4) is 0 Å². The van der Waals surface area contributed by atoms with E-state index in [0.717, 1.165) is 5.39 Å². The molecule has 112 valence electrons. The highest BCUT2D eigenvalue weighted by atomic mass is 16.4. The highest BCUT2D eigenvalue weighted by Crippen LogP contribution is 2.32. The summed E-state index contributed by atoms with van der Waals surface area (Å²) < 4.78 is 1.63. The Morgan fingerprint density at radius 1 is 1.43 bits per heavy atom. The van der Waals surface area contributed by atoms with Crippen molar-refractivity contribution >= 4 is 22.7 Å². The van der Waals surface area contributed by atoms with Gasteiger partial charge in [0.2, 0.25) is 0 Å². The van der Waals surface area contributed by atoms with E-state index >= 15 is 0 Å². The van der Waals surface area contributed by atoms with Gasteiger partial charge in [-0.1, -0.05) is 6.92 Å². The monoisotopic (exact) mass is 290 g/mol. The van der Waals surface area contributed by atoms with E-state index in [2.05, 4.69) is 10.1 Å². The summed E-state index contributed by atoms with van der Waals surface area (Å²) in [6, 6.07) is 0. The molecule has 7 heteroatoms. The maximum absolute atomic E-state index is 11.5. The number of fused-ring (bicyclic) bond motifs is 1. The fraction of sp³-hybridized carbons (Fsp3) is 0.500. The Morgan fingerprint density at radius 3 is 2.86 bits per heavy atom. The Kier molecular flexibility index (Phi) is 3.29. The number of aryl methyl sites for hydroxylation is 1. The van der Waals surface area contributed by atoms with Crippen molar-refractivity contribution in [1.29, 1.82) is 0 Å². The lowest BCUT2D eigenvalue weighted by Crippen LogP contribution is -2.42. The molecular weight excluding hydrogens is 272 g/mol. The van der Waals surface area contributed by atoms with Crippen molar-refractivity contribution in [2.24, 2.45) is 13.0 Å². The number of anilines is 1.